The van der Waals surface area contributed by atoms with Gasteiger partial charge in [0.25, 0.3) is 0 Å². The molecule has 0 nitrogen and oxygen atoms in total. The number of rotatable bonds is 0. The predicted molar refractivity (Wildman–Crippen MR) is 91.9 cm³/mol. The zero-order valence-corrected chi connectivity index (χ0v) is 22.7. The number of halogens is 2. The van der Waals surface area contributed by atoms with E-state index >= 15 is 0 Å². The molecule has 0 radical (unpaired) electrons. The Balaban J connectivity index is 0.000000845. The molecule has 120 valence electrons. The van der Waals surface area contributed by atoms with Crippen molar-refractivity contribution in [2.24, 2.45) is 0 Å². The van der Waals surface area contributed by atoms with Crippen LogP contribution >= 0.6 is 0 Å². The molecule has 5 rings (SSSR count). The van der Waals surface area contributed by atoms with E-state index < -0.39 is 31.7 Å². The molecule has 0 bridgehead atoms. The number of benzene rings is 2. The Kier molecular flexibility index (Phi) is 5.52. The third kappa shape index (κ3) is 2.57. The Morgan fingerprint density at radius 2 is 1.58 bits per heavy atom. The van der Waals surface area contributed by atoms with E-state index in [1.54, 1.807) is 11.1 Å². The molecule has 3 aliphatic rings. The molecular weight excluding hydrogens is 701 g/mol. The molecule has 0 saturated carbocycles. The zero-order valence-electron chi connectivity index (χ0n) is 13.7. The third-order valence-corrected chi connectivity index (χ3v) is 18.6. The molecule has 0 amide bonds. The summed E-state index contributed by atoms with van der Waals surface area (Å²) in [6.45, 7) is 5.15. The molecule has 24 heavy (non-hydrogen) atoms. The van der Waals surface area contributed by atoms with Gasteiger partial charge in [0.2, 0.25) is 0 Å². The Labute approximate surface area is 191 Å². The van der Waals surface area contributed by atoms with Crippen LogP contribution in [0.3, 0.4) is 0 Å². The van der Waals surface area contributed by atoms with E-state index in [0.717, 1.165) is 3.67 Å². The van der Waals surface area contributed by atoms with Crippen molar-refractivity contribution in [2.75, 3.05) is 0 Å². The van der Waals surface area contributed by atoms with Crippen molar-refractivity contribution in [1.82, 2.24) is 0 Å². The van der Waals surface area contributed by atoms with Crippen molar-refractivity contribution >= 4 is 20.9 Å². The average Bonchev–Trinajstić information content (AvgIpc) is 3.04. The van der Waals surface area contributed by atoms with E-state index in [1.807, 2.05) is 10.4 Å². The Morgan fingerprint density at radius 1 is 0.917 bits per heavy atom. The van der Waals surface area contributed by atoms with Crippen molar-refractivity contribution in [2.45, 2.75) is 20.3 Å². The summed E-state index contributed by atoms with van der Waals surface area (Å²) in [6, 6.07) is 18.3. The molecule has 3 atom stereocenters. The van der Waals surface area contributed by atoms with E-state index in [0.29, 0.717) is 3.17 Å². The molecule has 0 spiro atoms. The summed E-state index contributed by atoms with van der Waals surface area (Å²) in [5.74, 6) is 0. The zero-order chi connectivity index (χ0) is 14.9. The van der Waals surface area contributed by atoms with Crippen LogP contribution in [-0.2, 0) is 26.1 Å². The molecule has 2 aromatic carbocycles. The van der Waals surface area contributed by atoms with Gasteiger partial charge in [-0.15, -0.1) is 0 Å². The summed E-state index contributed by atoms with van der Waals surface area (Å²) in [7, 11) is -0.985. The Hall–Kier alpha value is 0.467. The Morgan fingerprint density at radius 3 is 2.38 bits per heavy atom. The maximum atomic E-state index is 2.58. The monoisotopic (exact) mass is 720 g/mol. The van der Waals surface area contributed by atoms with E-state index in [-0.39, 0.29) is 48.0 Å². The number of hydrogen-bond donors (Lipinski definition) is 0. The number of fused-ring (bicyclic) bond motifs is 6. The first-order valence-electron chi connectivity index (χ1n) is 8.08. The van der Waals surface area contributed by atoms with Crippen LogP contribution in [-0.4, -0.2) is 8.80 Å². The van der Waals surface area contributed by atoms with Crippen molar-refractivity contribution in [1.29, 1.82) is 0 Å². The van der Waals surface area contributed by atoms with Gasteiger partial charge >= 0.3 is 145 Å². The van der Waals surface area contributed by atoms with E-state index in [1.165, 1.54) is 11.1 Å². The second-order valence-electron chi connectivity index (χ2n) is 6.88. The molecule has 2 aliphatic carbocycles. The molecule has 1 saturated heterocycles. The van der Waals surface area contributed by atoms with Gasteiger partial charge in [0.05, 0.1) is 0 Å². The van der Waals surface area contributed by atoms with Crippen molar-refractivity contribution < 1.29 is 70.9 Å². The van der Waals surface area contributed by atoms with Crippen LogP contribution in [0.15, 0.2) is 58.9 Å². The molecule has 1 heterocycles. The summed E-state index contributed by atoms with van der Waals surface area (Å²) < 4.78 is 1.31. The SMILES string of the molecule is C[SiH]1C2=Cc3ccccc3[CH]2[Hf+2][C]2(C)C1=Cc1ccccc12.[I-].[I-]. The first-order chi connectivity index (χ1) is 10.7. The molecule has 1 aliphatic heterocycles. The summed E-state index contributed by atoms with van der Waals surface area (Å²) in [6.07, 6.45) is 5.13. The van der Waals surface area contributed by atoms with Gasteiger partial charge in [-0.1, -0.05) is 0 Å². The number of allylic oxidation sites excluding steroid dienone is 2. The maximum Gasteiger partial charge on any atom is -1.00 e. The van der Waals surface area contributed by atoms with Crippen LogP contribution in [0.4, 0.5) is 0 Å². The first kappa shape index (κ1) is 19.2. The minimum Gasteiger partial charge on any atom is -1.00 e. The predicted octanol–water partition coefficient (Wildman–Crippen LogP) is -1.52. The first-order valence-corrected chi connectivity index (χ1v) is 14.3. The summed E-state index contributed by atoms with van der Waals surface area (Å²) in [5, 5.41) is 3.69. The van der Waals surface area contributed by atoms with Crippen molar-refractivity contribution in [3.8, 4) is 0 Å². The van der Waals surface area contributed by atoms with E-state index in [2.05, 4.69) is 74.2 Å². The molecule has 3 unspecified atom stereocenters. The van der Waals surface area contributed by atoms with Gasteiger partial charge in [0.1, 0.15) is 0 Å². The van der Waals surface area contributed by atoms with Gasteiger partial charge in [-0.3, -0.25) is 0 Å². The minimum atomic E-state index is -0.985. The average molecular weight is 719 g/mol. The Bertz CT molecular complexity index is 873. The van der Waals surface area contributed by atoms with Gasteiger partial charge in [-0.2, -0.15) is 0 Å². The van der Waals surface area contributed by atoms with Crippen LogP contribution in [0.25, 0.3) is 12.2 Å². The van der Waals surface area contributed by atoms with Crippen LogP contribution < -0.4 is 48.0 Å². The second-order valence-corrected chi connectivity index (χ2v) is 16.3. The van der Waals surface area contributed by atoms with Gasteiger partial charge in [-0.25, -0.2) is 0 Å². The fraction of sp³-hybridized carbons (Fsp3) is 0.200. The van der Waals surface area contributed by atoms with Crippen LogP contribution in [0, 0.1) is 0 Å². The smallest absolute Gasteiger partial charge is 1.00 e. The normalized spacial score (nSPS) is 27.6. The van der Waals surface area contributed by atoms with Crippen molar-refractivity contribution in [3.63, 3.8) is 0 Å². The minimum absolute atomic E-state index is 0. The van der Waals surface area contributed by atoms with E-state index in [9.17, 15) is 0 Å². The van der Waals surface area contributed by atoms with Crippen molar-refractivity contribution in [3.05, 3.63) is 81.2 Å². The molecule has 2 aromatic rings. The quantitative estimate of drug-likeness (QED) is 0.230. The van der Waals surface area contributed by atoms with Gasteiger partial charge in [-0.05, 0) is 0 Å². The van der Waals surface area contributed by atoms with Gasteiger partial charge in [0, 0.05) is 0 Å². The van der Waals surface area contributed by atoms with Gasteiger partial charge < -0.3 is 48.0 Å². The summed E-state index contributed by atoms with van der Waals surface area (Å²) >= 11 is -0.892. The standard InChI is InChI=1S/C20H18Si.Hf.2HI/c1-14-19-10-6-5-9-17(19)13-20(14)21(2)18-11-15-7-3-4-8-16(15)12-18;;;/h3-13,21H,1-2H3;;2*1H/q;+2;;/p-2. The largest absolute Gasteiger partial charge is 1.00 e. The second kappa shape index (κ2) is 6.89. The summed E-state index contributed by atoms with van der Waals surface area (Å²) in [4.78, 5) is 0. The van der Waals surface area contributed by atoms with Crippen LogP contribution in [0.1, 0.15) is 32.9 Å². The fourth-order valence-corrected chi connectivity index (χ4v) is 20.6. The third-order valence-electron chi connectivity index (χ3n) is 5.75. The molecule has 0 aromatic heterocycles. The topological polar surface area (TPSA) is 0 Å². The maximum absolute atomic E-state index is 2.58. The number of hydrogen-bond acceptors (Lipinski definition) is 0. The molecular formula is C20H18HfI2Si. The molecule has 4 heteroatoms. The van der Waals surface area contributed by atoms with Crippen LogP contribution in [0.5, 0.6) is 0 Å². The molecule has 1 fully saturated rings. The van der Waals surface area contributed by atoms with Crippen LogP contribution in [0.2, 0.25) is 6.55 Å². The van der Waals surface area contributed by atoms with E-state index in [4.69, 9.17) is 0 Å². The fourth-order valence-electron chi connectivity index (χ4n) is 4.62. The molecule has 0 N–H and O–H groups in total. The summed E-state index contributed by atoms with van der Waals surface area (Å²) in [5.41, 5.74) is 6.34. The van der Waals surface area contributed by atoms with Gasteiger partial charge in [0.15, 0.2) is 0 Å².